The van der Waals surface area contributed by atoms with E-state index in [4.69, 9.17) is 4.52 Å². The SMILES string of the molecule is Cc1noc(-c2[nH]c3ccc(CCNC(=O)c4ccccc4C(=O)O)cc3c2CCN(C)C)n1. The number of fused-ring (bicyclic) bond motifs is 1. The molecule has 0 unspecified atom stereocenters. The van der Waals surface area contributed by atoms with Gasteiger partial charge in [-0.25, -0.2) is 4.79 Å². The van der Waals surface area contributed by atoms with Gasteiger partial charge in [0.05, 0.1) is 11.1 Å². The molecule has 0 aliphatic carbocycles. The first-order chi connectivity index (χ1) is 16.3. The number of carbonyl (C=O) groups excluding carboxylic acids is 1. The number of nitrogens with zero attached hydrogens (tertiary/aromatic N) is 3. The Morgan fingerprint density at radius 3 is 2.56 bits per heavy atom. The zero-order valence-electron chi connectivity index (χ0n) is 19.4. The molecule has 9 nitrogen and oxygen atoms in total. The summed E-state index contributed by atoms with van der Waals surface area (Å²) in [6, 6.07) is 12.3. The molecule has 4 rings (SSSR count). The van der Waals surface area contributed by atoms with Crippen molar-refractivity contribution in [2.45, 2.75) is 19.8 Å². The van der Waals surface area contributed by atoms with Gasteiger partial charge >= 0.3 is 5.97 Å². The molecule has 0 saturated heterocycles. The summed E-state index contributed by atoms with van der Waals surface area (Å²) in [6.07, 6.45) is 1.40. The molecule has 2 aromatic carbocycles. The lowest BCUT2D eigenvalue weighted by Gasteiger charge is -2.10. The van der Waals surface area contributed by atoms with E-state index in [-0.39, 0.29) is 11.1 Å². The summed E-state index contributed by atoms with van der Waals surface area (Å²) in [5.41, 5.74) is 4.10. The second-order valence-corrected chi connectivity index (χ2v) is 8.42. The number of likely N-dealkylation sites (N-methyl/N-ethyl adjacent to an activating group) is 1. The van der Waals surface area contributed by atoms with Gasteiger partial charge in [-0.15, -0.1) is 0 Å². The van der Waals surface area contributed by atoms with E-state index in [9.17, 15) is 14.7 Å². The van der Waals surface area contributed by atoms with Gasteiger partial charge in [0.25, 0.3) is 11.8 Å². The molecule has 9 heteroatoms. The van der Waals surface area contributed by atoms with Crippen molar-refractivity contribution in [3.63, 3.8) is 0 Å². The van der Waals surface area contributed by atoms with Crippen LogP contribution in [0.25, 0.3) is 22.5 Å². The Bertz CT molecular complexity index is 1340. The fourth-order valence-corrected chi connectivity index (χ4v) is 3.91. The predicted molar refractivity (Wildman–Crippen MR) is 128 cm³/mol. The second kappa shape index (κ2) is 9.88. The number of aromatic carboxylic acids is 1. The Morgan fingerprint density at radius 2 is 1.88 bits per heavy atom. The number of H-pyrrole nitrogens is 1. The monoisotopic (exact) mass is 461 g/mol. The number of benzene rings is 2. The summed E-state index contributed by atoms with van der Waals surface area (Å²) < 4.78 is 5.42. The lowest BCUT2D eigenvalue weighted by atomic mass is 10.0. The van der Waals surface area contributed by atoms with Crippen LogP contribution >= 0.6 is 0 Å². The summed E-state index contributed by atoms with van der Waals surface area (Å²) in [5, 5.41) is 17.1. The van der Waals surface area contributed by atoms with Crippen molar-refractivity contribution in [1.29, 1.82) is 0 Å². The van der Waals surface area contributed by atoms with Crippen LogP contribution in [-0.2, 0) is 12.8 Å². The molecule has 0 aliphatic rings. The fraction of sp³-hybridized carbons (Fsp3) is 0.280. The van der Waals surface area contributed by atoms with E-state index in [1.54, 1.807) is 19.1 Å². The molecular weight excluding hydrogens is 434 g/mol. The molecule has 1 amide bonds. The summed E-state index contributed by atoms with van der Waals surface area (Å²) in [6.45, 7) is 3.03. The van der Waals surface area contributed by atoms with Gasteiger partial charge in [-0.05, 0) is 69.3 Å². The van der Waals surface area contributed by atoms with Crippen molar-refractivity contribution in [2.24, 2.45) is 0 Å². The predicted octanol–water partition coefficient (Wildman–Crippen LogP) is 3.30. The van der Waals surface area contributed by atoms with E-state index in [1.807, 2.05) is 26.2 Å². The molecule has 0 bridgehead atoms. The maximum atomic E-state index is 12.5. The Balaban J connectivity index is 1.54. The number of nitrogens with one attached hydrogen (secondary N) is 2. The highest BCUT2D eigenvalue weighted by Crippen LogP contribution is 2.31. The van der Waals surface area contributed by atoms with Gasteiger partial charge in [0, 0.05) is 24.0 Å². The zero-order chi connectivity index (χ0) is 24.2. The maximum absolute atomic E-state index is 12.5. The Kier molecular flexibility index (Phi) is 6.74. The first kappa shape index (κ1) is 23.2. The van der Waals surface area contributed by atoms with E-state index < -0.39 is 11.9 Å². The van der Waals surface area contributed by atoms with E-state index in [1.165, 1.54) is 12.1 Å². The number of hydrogen-bond donors (Lipinski definition) is 3. The van der Waals surface area contributed by atoms with Gasteiger partial charge in [-0.1, -0.05) is 23.4 Å². The molecule has 176 valence electrons. The molecule has 0 atom stereocenters. The molecule has 4 aromatic rings. The molecule has 34 heavy (non-hydrogen) atoms. The van der Waals surface area contributed by atoms with Crippen LogP contribution in [0.2, 0.25) is 0 Å². The van der Waals surface area contributed by atoms with Crippen LogP contribution in [0.4, 0.5) is 0 Å². The van der Waals surface area contributed by atoms with Crippen molar-refractivity contribution in [3.8, 4) is 11.6 Å². The van der Waals surface area contributed by atoms with Crippen molar-refractivity contribution < 1.29 is 19.2 Å². The van der Waals surface area contributed by atoms with E-state index in [0.717, 1.165) is 40.7 Å². The standard InChI is InChI=1S/C25H27N5O4/c1-15-27-24(34-29-15)22-17(11-13-30(2)3)20-14-16(8-9-21(20)28-22)10-12-26-23(31)18-6-4-5-7-19(18)25(32)33/h4-9,14,28H,10-13H2,1-3H3,(H,26,31)(H,32,33). The molecule has 2 aromatic heterocycles. The first-order valence-electron chi connectivity index (χ1n) is 11.0. The topological polar surface area (TPSA) is 124 Å². The van der Waals surface area contributed by atoms with Gasteiger partial charge in [-0.2, -0.15) is 4.98 Å². The second-order valence-electron chi connectivity index (χ2n) is 8.42. The van der Waals surface area contributed by atoms with Crippen molar-refractivity contribution in [2.75, 3.05) is 27.2 Å². The normalized spacial score (nSPS) is 11.3. The highest BCUT2D eigenvalue weighted by atomic mass is 16.5. The number of aromatic amines is 1. The quantitative estimate of drug-likeness (QED) is 0.349. The average molecular weight is 462 g/mol. The number of hydrogen-bond acceptors (Lipinski definition) is 6. The number of carboxylic acid groups (broad SMARTS) is 1. The zero-order valence-corrected chi connectivity index (χ0v) is 19.4. The molecule has 0 aliphatic heterocycles. The third-order valence-electron chi connectivity index (χ3n) is 5.62. The van der Waals surface area contributed by atoms with E-state index in [2.05, 4.69) is 31.4 Å². The molecule has 0 saturated carbocycles. The minimum atomic E-state index is -1.12. The maximum Gasteiger partial charge on any atom is 0.336 e. The molecule has 2 heterocycles. The van der Waals surface area contributed by atoms with Crippen LogP contribution in [0.5, 0.6) is 0 Å². The van der Waals surface area contributed by atoms with Crippen LogP contribution in [0.15, 0.2) is 47.0 Å². The molecule has 3 N–H and O–H groups in total. The number of rotatable bonds is 9. The number of aryl methyl sites for hydroxylation is 1. The third kappa shape index (κ3) is 4.99. The highest BCUT2D eigenvalue weighted by molar-refractivity contribution is 6.04. The van der Waals surface area contributed by atoms with Gasteiger partial charge in [0.15, 0.2) is 5.82 Å². The van der Waals surface area contributed by atoms with E-state index >= 15 is 0 Å². The average Bonchev–Trinajstić information content (AvgIpc) is 3.40. The van der Waals surface area contributed by atoms with Crippen LogP contribution in [0.1, 0.15) is 37.7 Å². The third-order valence-corrected chi connectivity index (χ3v) is 5.62. The molecule has 0 radical (unpaired) electrons. The van der Waals surface area contributed by atoms with Crippen LogP contribution in [0.3, 0.4) is 0 Å². The summed E-state index contributed by atoms with van der Waals surface area (Å²) in [7, 11) is 4.06. The molecule has 0 spiro atoms. The smallest absolute Gasteiger partial charge is 0.336 e. The number of carboxylic acids is 1. The lowest BCUT2D eigenvalue weighted by Crippen LogP contribution is -2.27. The van der Waals surface area contributed by atoms with Crippen LogP contribution in [0, 0.1) is 6.92 Å². The Hall–Kier alpha value is -3.98. The van der Waals surface area contributed by atoms with Crippen LogP contribution < -0.4 is 5.32 Å². The van der Waals surface area contributed by atoms with Gasteiger partial charge < -0.3 is 24.8 Å². The van der Waals surface area contributed by atoms with Crippen LogP contribution in [-0.4, -0.2) is 64.2 Å². The number of carbonyl (C=O) groups is 2. The van der Waals surface area contributed by atoms with Gasteiger partial charge in [0.2, 0.25) is 0 Å². The largest absolute Gasteiger partial charge is 0.478 e. The number of amides is 1. The summed E-state index contributed by atoms with van der Waals surface area (Å²) in [4.78, 5) is 33.8. The van der Waals surface area contributed by atoms with Crippen molar-refractivity contribution in [1.82, 2.24) is 25.3 Å². The highest BCUT2D eigenvalue weighted by Gasteiger charge is 2.19. The van der Waals surface area contributed by atoms with Crippen molar-refractivity contribution >= 4 is 22.8 Å². The number of aromatic nitrogens is 3. The Morgan fingerprint density at radius 1 is 1.12 bits per heavy atom. The molecular formula is C25H27N5O4. The minimum Gasteiger partial charge on any atom is -0.478 e. The summed E-state index contributed by atoms with van der Waals surface area (Å²) in [5.74, 6) is -0.482. The minimum absolute atomic E-state index is 0.0110. The lowest BCUT2D eigenvalue weighted by molar-refractivity contribution is 0.0691. The summed E-state index contributed by atoms with van der Waals surface area (Å²) >= 11 is 0. The fourth-order valence-electron chi connectivity index (χ4n) is 3.91. The van der Waals surface area contributed by atoms with Gasteiger partial charge in [-0.3, -0.25) is 4.79 Å². The van der Waals surface area contributed by atoms with E-state index in [0.29, 0.717) is 24.7 Å². The Labute approximate surface area is 196 Å². The van der Waals surface area contributed by atoms with Crippen molar-refractivity contribution in [3.05, 3.63) is 70.5 Å². The molecule has 0 fully saturated rings. The van der Waals surface area contributed by atoms with Gasteiger partial charge in [0.1, 0.15) is 5.69 Å². The first-order valence-corrected chi connectivity index (χ1v) is 11.0.